The number of amides is 6. The lowest BCUT2D eigenvalue weighted by atomic mass is 9.65. The van der Waals surface area contributed by atoms with Crippen molar-refractivity contribution in [2.45, 2.75) is 58.4 Å². The average Bonchev–Trinajstić information content (AvgIpc) is 2.93. The van der Waals surface area contributed by atoms with Crippen molar-refractivity contribution in [3.05, 3.63) is 30.3 Å². The molecule has 0 unspecified atom stereocenters. The van der Waals surface area contributed by atoms with Gasteiger partial charge in [-0.05, 0) is 49.1 Å². The summed E-state index contributed by atoms with van der Waals surface area (Å²) in [5.41, 5.74) is -0.202. The highest BCUT2D eigenvalue weighted by atomic mass is 16.2. The third-order valence-corrected chi connectivity index (χ3v) is 6.69. The smallest absolute Gasteiger partial charge is 0.323 e. The van der Waals surface area contributed by atoms with E-state index in [0.29, 0.717) is 24.4 Å². The van der Waals surface area contributed by atoms with E-state index >= 15 is 0 Å². The molecule has 1 spiro atoms. The number of nitrogens with one attached hydrogen (secondary N) is 3. The zero-order valence-corrected chi connectivity index (χ0v) is 17.8. The van der Waals surface area contributed by atoms with Crippen LogP contribution in [-0.2, 0) is 9.59 Å². The van der Waals surface area contributed by atoms with Crippen LogP contribution in [0.5, 0.6) is 0 Å². The Morgan fingerprint density at radius 2 is 1.80 bits per heavy atom. The molecule has 0 atom stereocenters. The number of carbonyl (C=O) groups excluding carboxylic acids is 4. The van der Waals surface area contributed by atoms with Crippen molar-refractivity contribution < 1.29 is 19.2 Å². The SMILES string of the molecule is CCC(C)(C)C1CCC2(CC1)NC(=O)N(CC(=O)NC(=O)Nc1ccccc1)C2=O. The number of para-hydroxylation sites is 1. The summed E-state index contributed by atoms with van der Waals surface area (Å²) in [6.07, 6.45) is 3.90. The molecule has 2 aliphatic rings. The molecule has 1 saturated carbocycles. The highest BCUT2D eigenvalue weighted by Crippen LogP contribution is 2.45. The van der Waals surface area contributed by atoms with Gasteiger partial charge in [0.1, 0.15) is 12.1 Å². The Bertz CT molecular complexity index is 829. The monoisotopic (exact) mass is 414 g/mol. The molecular formula is C22H30N4O4. The number of carbonyl (C=O) groups is 4. The Kier molecular flexibility index (Phi) is 6.14. The van der Waals surface area contributed by atoms with Crippen LogP contribution in [-0.4, -0.2) is 40.9 Å². The second-order valence-electron chi connectivity index (χ2n) is 8.89. The van der Waals surface area contributed by atoms with Crippen LogP contribution < -0.4 is 16.0 Å². The van der Waals surface area contributed by atoms with Crippen LogP contribution in [0.4, 0.5) is 15.3 Å². The lowest BCUT2D eigenvalue weighted by molar-refractivity contribution is -0.136. The number of imide groups is 2. The minimum atomic E-state index is -0.927. The molecule has 1 heterocycles. The van der Waals surface area contributed by atoms with Gasteiger partial charge in [0.25, 0.3) is 5.91 Å². The topological polar surface area (TPSA) is 108 Å². The van der Waals surface area contributed by atoms with Crippen LogP contribution in [0.15, 0.2) is 30.3 Å². The second kappa shape index (κ2) is 8.45. The van der Waals surface area contributed by atoms with Gasteiger partial charge in [-0.25, -0.2) is 9.59 Å². The maximum absolute atomic E-state index is 13.0. The van der Waals surface area contributed by atoms with Crippen LogP contribution in [0.1, 0.15) is 52.9 Å². The standard InChI is InChI=1S/C22H30N4O4/c1-4-21(2,3)15-10-12-22(13-11-15)18(28)26(20(30)25-22)14-17(27)24-19(29)23-16-8-6-5-7-9-16/h5-9,15H,4,10-14H2,1-3H3,(H,25,30)(H2,23,24,27,29). The summed E-state index contributed by atoms with van der Waals surface area (Å²) in [5, 5.41) is 7.50. The van der Waals surface area contributed by atoms with Crippen LogP contribution in [0.2, 0.25) is 0 Å². The molecule has 6 amide bonds. The predicted octanol–water partition coefficient (Wildman–Crippen LogP) is 3.25. The van der Waals surface area contributed by atoms with Crippen molar-refractivity contribution in [2.75, 3.05) is 11.9 Å². The van der Waals surface area contributed by atoms with Gasteiger partial charge < -0.3 is 10.6 Å². The van der Waals surface area contributed by atoms with Crippen LogP contribution in [0, 0.1) is 11.3 Å². The van der Waals surface area contributed by atoms with E-state index < -0.39 is 30.1 Å². The maximum atomic E-state index is 13.0. The van der Waals surface area contributed by atoms with Gasteiger partial charge in [0, 0.05) is 5.69 Å². The number of urea groups is 2. The molecule has 8 nitrogen and oxygen atoms in total. The first kappa shape index (κ1) is 21.8. The van der Waals surface area contributed by atoms with E-state index in [-0.39, 0.29) is 11.3 Å². The van der Waals surface area contributed by atoms with E-state index in [9.17, 15) is 19.2 Å². The molecule has 2 fully saturated rings. The molecule has 162 valence electrons. The summed E-state index contributed by atoms with van der Waals surface area (Å²) in [6.45, 7) is 6.16. The van der Waals surface area contributed by atoms with Crippen LogP contribution in [0.25, 0.3) is 0 Å². The molecular weight excluding hydrogens is 384 g/mol. The normalized spacial score (nSPS) is 24.0. The average molecular weight is 415 g/mol. The predicted molar refractivity (Wildman–Crippen MR) is 113 cm³/mol. The molecule has 1 saturated heterocycles. The number of anilines is 1. The van der Waals surface area contributed by atoms with Gasteiger partial charge in [0.2, 0.25) is 5.91 Å². The van der Waals surface area contributed by atoms with Crippen LogP contribution >= 0.6 is 0 Å². The number of benzene rings is 1. The fourth-order valence-electron chi connectivity index (χ4n) is 4.33. The molecule has 8 heteroatoms. The van der Waals surface area contributed by atoms with Gasteiger partial charge in [0.05, 0.1) is 0 Å². The summed E-state index contributed by atoms with van der Waals surface area (Å²) >= 11 is 0. The number of rotatable bonds is 5. The van der Waals surface area contributed by atoms with Crippen molar-refractivity contribution in [1.29, 1.82) is 0 Å². The Balaban J connectivity index is 1.56. The minimum absolute atomic E-state index is 0.193. The summed E-state index contributed by atoms with van der Waals surface area (Å²) in [5.74, 6) is -0.597. The van der Waals surface area contributed by atoms with E-state index in [4.69, 9.17) is 0 Å². The summed E-state index contributed by atoms with van der Waals surface area (Å²) in [4.78, 5) is 50.5. The molecule has 3 N–H and O–H groups in total. The molecule has 1 aromatic rings. The van der Waals surface area contributed by atoms with E-state index in [0.717, 1.165) is 24.2 Å². The van der Waals surface area contributed by atoms with Crippen molar-refractivity contribution >= 4 is 29.6 Å². The molecule has 1 aromatic carbocycles. The Morgan fingerprint density at radius 1 is 1.17 bits per heavy atom. The molecule has 1 aliphatic carbocycles. The third kappa shape index (κ3) is 4.47. The zero-order valence-electron chi connectivity index (χ0n) is 17.8. The molecule has 0 aromatic heterocycles. The summed E-state index contributed by atoms with van der Waals surface area (Å²) in [7, 11) is 0. The fraction of sp³-hybridized carbons (Fsp3) is 0.545. The molecule has 0 radical (unpaired) electrons. The van der Waals surface area contributed by atoms with E-state index in [1.54, 1.807) is 30.3 Å². The highest BCUT2D eigenvalue weighted by Gasteiger charge is 2.53. The van der Waals surface area contributed by atoms with Crippen LogP contribution in [0.3, 0.4) is 0 Å². The van der Waals surface area contributed by atoms with Crippen molar-refractivity contribution in [3.8, 4) is 0 Å². The lowest BCUT2D eigenvalue weighted by Gasteiger charge is -2.42. The Morgan fingerprint density at radius 3 is 2.40 bits per heavy atom. The van der Waals surface area contributed by atoms with E-state index in [2.05, 4.69) is 36.7 Å². The first-order valence-corrected chi connectivity index (χ1v) is 10.5. The molecule has 1 aliphatic heterocycles. The Labute approximate surface area is 176 Å². The number of hydrogen-bond donors (Lipinski definition) is 3. The fourth-order valence-corrected chi connectivity index (χ4v) is 4.33. The third-order valence-electron chi connectivity index (χ3n) is 6.69. The highest BCUT2D eigenvalue weighted by molar-refractivity contribution is 6.10. The zero-order chi connectivity index (χ0) is 21.9. The second-order valence-corrected chi connectivity index (χ2v) is 8.89. The van der Waals surface area contributed by atoms with Gasteiger partial charge in [-0.2, -0.15) is 0 Å². The first-order chi connectivity index (χ1) is 14.2. The Hall–Kier alpha value is -2.90. The number of hydrogen-bond acceptors (Lipinski definition) is 4. The van der Waals surface area contributed by atoms with Gasteiger partial charge in [-0.15, -0.1) is 0 Å². The van der Waals surface area contributed by atoms with Gasteiger partial charge in [-0.3, -0.25) is 19.8 Å². The first-order valence-electron chi connectivity index (χ1n) is 10.5. The maximum Gasteiger partial charge on any atom is 0.325 e. The lowest BCUT2D eigenvalue weighted by Crippen LogP contribution is -2.51. The molecule has 0 bridgehead atoms. The molecule has 3 rings (SSSR count). The van der Waals surface area contributed by atoms with E-state index in [1.807, 2.05) is 0 Å². The van der Waals surface area contributed by atoms with Crippen molar-refractivity contribution in [1.82, 2.24) is 15.5 Å². The quantitative estimate of drug-likeness (QED) is 0.643. The number of nitrogens with zero attached hydrogens (tertiary/aromatic N) is 1. The van der Waals surface area contributed by atoms with Gasteiger partial charge >= 0.3 is 12.1 Å². The minimum Gasteiger partial charge on any atom is -0.323 e. The van der Waals surface area contributed by atoms with Crippen molar-refractivity contribution in [2.24, 2.45) is 11.3 Å². The van der Waals surface area contributed by atoms with Gasteiger partial charge in [0.15, 0.2) is 0 Å². The molecule has 30 heavy (non-hydrogen) atoms. The van der Waals surface area contributed by atoms with Gasteiger partial charge in [-0.1, -0.05) is 45.4 Å². The summed E-state index contributed by atoms with van der Waals surface area (Å²) < 4.78 is 0. The van der Waals surface area contributed by atoms with Crippen molar-refractivity contribution in [3.63, 3.8) is 0 Å². The largest absolute Gasteiger partial charge is 0.325 e. The van der Waals surface area contributed by atoms with E-state index in [1.165, 1.54) is 0 Å². The summed E-state index contributed by atoms with van der Waals surface area (Å²) in [6, 6.07) is 7.38.